The van der Waals surface area contributed by atoms with E-state index in [2.05, 4.69) is 37.4 Å². The van der Waals surface area contributed by atoms with Crippen LogP contribution in [0.4, 0.5) is 0 Å². The molecule has 0 aromatic heterocycles. The summed E-state index contributed by atoms with van der Waals surface area (Å²) in [6, 6.07) is 12.3. The Hall–Kier alpha value is -1.51. The second-order valence-electron chi connectivity index (χ2n) is 4.77. The number of nitrogens with one attached hydrogen (secondary N) is 1. The Morgan fingerprint density at radius 3 is 2.60 bits per heavy atom. The summed E-state index contributed by atoms with van der Waals surface area (Å²) in [4.78, 5) is 0. The van der Waals surface area contributed by atoms with Crippen LogP contribution in [0.2, 0.25) is 5.02 Å². The van der Waals surface area contributed by atoms with E-state index in [4.69, 9.17) is 16.3 Å². The highest BCUT2D eigenvalue weighted by Gasteiger charge is 2.07. The lowest BCUT2D eigenvalue weighted by Crippen LogP contribution is -2.12. The maximum atomic E-state index is 6.25. The molecule has 0 spiro atoms. The van der Waals surface area contributed by atoms with Gasteiger partial charge < -0.3 is 10.1 Å². The van der Waals surface area contributed by atoms with E-state index in [1.165, 1.54) is 16.7 Å². The van der Waals surface area contributed by atoms with Crippen molar-refractivity contribution in [1.29, 1.82) is 0 Å². The summed E-state index contributed by atoms with van der Waals surface area (Å²) in [6.45, 7) is 5.91. The fourth-order valence-corrected chi connectivity index (χ4v) is 2.41. The van der Waals surface area contributed by atoms with Crippen LogP contribution in [0.3, 0.4) is 0 Å². The molecule has 0 aliphatic heterocycles. The minimum atomic E-state index is 0.790. The van der Waals surface area contributed by atoms with Gasteiger partial charge in [-0.25, -0.2) is 0 Å². The molecule has 0 saturated heterocycles. The van der Waals surface area contributed by atoms with E-state index in [0.29, 0.717) is 0 Å². The molecule has 3 heteroatoms. The first kappa shape index (κ1) is 14.9. The van der Waals surface area contributed by atoms with Gasteiger partial charge in [-0.3, -0.25) is 0 Å². The minimum absolute atomic E-state index is 0.790. The van der Waals surface area contributed by atoms with Crippen LogP contribution in [0.5, 0.6) is 5.75 Å². The summed E-state index contributed by atoms with van der Waals surface area (Å²) >= 11 is 6.25. The lowest BCUT2D eigenvalue weighted by molar-refractivity contribution is 0.414. The molecule has 2 nitrogen and oxygen atoms in total. The molecular formula is C17H20ClNO. The molecule has 1 N–H and O–H groups in total. The van der Waals surface area contributed by atoms with Gasteiger partial charge in [0, 0.05) is 11.6 Å². The average Bonchev–Trinajstić information content (AvgIpc) is 2.46. The highest BCUT2D eigenvalue weighted by Crippen LogP contribution is 2.29. The normalized spacial score (nSPS) is 10.6. The van der Waals surface area contributed by atoms with Gasteiger partial charge in [-0.05, 0) is 60.0 Å². The highest BCUT2D eigenvalue weighted by atomic mass is 35.5. The first-order valence-electron chi connectivity index (χ1n) is 6.80. The van der Waals surface area contributed by atoms with Crippen molar-refractivity contribution in [3.8, 4) is 16.9 Å². The number of halogens is 1. The van der Waals surface area contributed by atoms with E-state index >= 15 is 0 Å². The van der Waals surface area contributed by atoms with Gasteiger partial charge >= 0.3 is 0 Å². The molecule has 0 aliphatic rings. The summed E-state index contributed by atoms with van der Waals surface area (Å²) < 4.78 is 5.25. The maximum Gasteiger partial charge on any atom is 0.119 e. The van der Waals surface area contributed by atoms with Crippen molar-refractivity contribution in [3.63, 3.8) is 0 Å². The molecule has 0 saturated carbocycles. The fraction of sp³-hybridized carbons (Fsp3) is 0.294. The van der Waals surface area contributed by atoms with Crippen molar-refractivity contribution in [1.82, 2.24) is 5.32 Å². The van der Waals surface area contributed by atoms with Crippen molar-refractivity contribution in [3.05, 3.63) is 52.5 Å². The van der Waals surface area contributed by atoms with Crippen LogP contribution in [0, 0.1) is 6.92 Å². The molecule has 0 aliphatic carbocycles. The SMILES string of the molecule is CCNCc1cc(-c2ccc(OC)cc2C)ccc1Cl. The summed E-state index contributed by atoms with van der Waals surface area (Å²) in [5.74, 6) is 0.882. The quantitative estimate of drug-likeness (QED) is 0.879. The number of hydrogen-bond acceptors (Lipinski definition) is 2. The van der Waals surface area contributed by atoms with Crippen LogP contribution in [-0.2, 0) is 6.54 Å². The van der Waals surface area contributed by atoms with E-state index in [1.54, 1.807) is 7.11 Å². The zero-order valence-corrected chi connectivity index (χ0v) is 12.9. The number of hydrogen-bond donors (Lipinski definition) is 1. The Balaban J connectivity index is 2.37. The Kier molecular flexibility index (Phi) is 5.05. The molecule has 0 fully saturated rings. The van der Waals surface area contributed by atoms with E-state index in [-0.39, 0.29) is 0 Å². The van der Waals surface area contributed by atoms with E-state index < -0.39 is 0 Å². The monoisotopic (exact) mass is 289 g/mol. The molecule has 0 atom stereocenters. The van der Waals surface area contributed by atoms with Crippen molar-refractivity contribution >= 4 is 11.6 Å². The van der Waals surface area contributed by atoms with Crippen LogP contribution in [0.25, 0.3) is 11.1 Å². The molecule has 2 rings (SSSR count). The Labute approximate surface area is 125 Å². The fourth-order valence-electron chi connectivity index (χ4n) is 2.22. The van der Waals surface area contributed by atoms with Crippen LogP contribution in [0.1, 0.15) is 18.1 Å². The van der Waals surface area contributed by atoms with E-state index in [1.807, 2.05) is 18.2 Å². The number of benzene rings is 2. The second kappa shape index (κ2) is 6.78. The van der Waals surface area contributed by atoms with Crippen molar-refractivity contribution in [2.24, 2.45) is 0 Å². The van der Waals surface area contributed by atoms with Gasteiger partial charge in [0.15, 0.2) is 0 Å². The Bertz CT molecular complexity index is 596. The average molecular weight is 290 g/mol. The summed E-state index contributed by atoms with van der Waals surface area (Å²) in [5, 5.41) is 4.12. The van der Waals surface area contributed by atoms with Gasteiger partial charge in [0.25, 0.3) is 0 Å². The number of aryl methyl sites for hydroxylation is 1. The molecular weight excluding hydrogens is 270 g/mol. The summed E-state index contributed by atoms with van der Waals surface area (Å²) in [7, 11) is 1.69. The number of rotatable bonds is 5. The molecule has 106 valence electrons. The number of ether oxygens (including phenoxy) is 1. The van der Waals surface area contributed by atoms with E-state index in [0.717, 1.165) is 29.4 Å². The van der Waals surface area contributed by atoms with Crippen LogP contribution in [-0.4, -0.2) is 13.7 Å². The van der Waals surface area contributed by atoms with Crippen molar-refractivity contribution in [2.75, 3.05) is 13.7 Å². The molecule has 2 aromatic rings. The molecule has 0 amide bonds. The first-order chi connectivity index (χ1) is 9.65. The largest absolute Gasteiger partial charge is 0.497 e. The molecule has 0 heterocycles. The van der Waals surface area contributed by atoms with Gasteiger partial charge in [-0.15, -0.1) is 0 Å². The third-order valence-electron chi connectivity index (χ3n) is 3.36. The van der Waals surface area contributed by atoms with Crippen molar-refractivity contribution in [2.45, 2.75) is 20.4 Å². The molecule has 0 radical (unpaired) electrons. The molecule has 2 aromatic carbocycles. The highest BCUT2D eigenvalue weighted by molar-refractivity contribution is 6.31. The Morgan fingerprint density at radius 1 is 1.15 bits per heavy atom. The van der Waals surface area contributed by atoms with Gasteiger partial charge in [0.05, 0.1) is 7.11 Å². The smallest absolute Gasteiger partial charge is 0.119 e. The number of methoxy groups -OCH3 is 1. The minimum Gasteiger partial charge on any atom is -0.497 e. The van der Waals surface area contributed by atoms with Gasteiger partial charge in [-0.1, -0.05) is 30.7 Å². The summed E-state index contributed by atoms with van der Waals surface area (Å²) in [6.07, 6.45) is 0. The van der Waals surface area contributed by atoms with Gasteiger partial charge in [0.1, 0.15) is 5.75 Å². The third kappa shape index (κ3) is 3.33. The van der Waals surface area contributed by atoms with Crippen LogP contribution < -0.4 is 10.1 Å². The zero-order chi connectivity index (χ0) is 14.5. The molecule has 0 unspecified atom stereocenters. The zero-order valence-electron chi connectivity index (χ0n) is 12.2. The third-order valence-corrected chi connectivity index (χ3v) is 3.72. The maximum absolute atomic E-state index is 6.25. The lowest BCUT2D eigenvalue weighted by Gasteiger charge is -2.11. The molecule has 0 bridgehead atoms. The predicted molar refractivity (Wildman–Crippen MR) is 85.6 cm³/mol. The van der Waals surface area contributed by atoms with Crippen LogP contribution in [0.15, 0.2) is 36.4 Å². The van der Waals surface area contributed by atoms with E-state index in [9.17, 15) is 0 Å². The van der Waals surface area contributed by atoms with Crippen LogP contribution >= 0.6 is 11.6 Å². The molecule has 20 heavy (non-hydrogen) atoms. The summed E-state index contributed by atoms with van der Waals surface area (Å²) in [5.41, 5.74) is 4.71. The van der Waals surface area contributed by atoms with Gasteiger partial charge in [-0.2, -0.15) is 0 Å². The first-order valence-corrected chi connectivity index (χ1v) is 7.17. The lowest BCUT2D eigenvalue weighted by atomic mass is 9.98. The Morgan fingerprint density at radius 2 is 1.95 bits per heavy atom. The predicted octanol–water partition coefficient (Wildman–Crippen LogP) is 4.43. The second-order valence-corrected chi connectivity index (χ2v) is 5.17. The topological polar surface area (TPSA) is 21.3 Å². The standard InChI is InChI=1S/C17H20ClNO/c1-4-19-11-14-10-13(5-8-17(14)18)16-7-6-15(20-3)9-12(16)2/h5-10,19H,4,11H2,1-3H3. The van der Waals surface area contributed by atoms with Crippen molar-refractivity contribution < 1.29 is 4.74 Å². The van der Waals surface area contributed by atoms with Gasteiger partial charge in [0.2, 0.25) is 0 Å².